The third-order valence-corrected chi connectivity index (χ3v) is 2.91. The minimum Gasteiger partial charge on any atom is -0.361 e. The van der Waals surface area contributed by atoms with Crippen LogP contribution in [-0.2, 0) is 0 Å². The molecule has 0 aromatic heterocycles. The van der Waals surface area contributed by atoms with Gasteiger partial charge in [-0.25, -0.2) is 0 Å². The molecule has 0 saturated heterocycles. The standard InChI is InChI=1S/2C4H9NS2.Se/c2*1-3-5(2)4(6)7;/h2*3H2,1-2H3,(H,6,7);. The van der Waals surface area contributed by atoms with Gasteiger partial charge in [-0.3, -0.25) is 0 Å². The van der Waals surface area contributed by atoms with Gasteiger partial charge in [0.05, 0.1) is 0 Å². The van der Waals surface area contributed by atoms with Crippen molar-refractivity contribution in [3.05, 3.63) is 0 Å². The molecule has 0 fully saturated rings. The van der Waals surface area contributed by atoms with Crippen molar-refractivity contribution < 1.29 is 0 Å². The van der Waals surface area contributed by atoms with Gasteiger partial charge in [0.2, 0.25) is 0 Å². The molecule has 0 bridgehead atoms. The smallest absolute Gasteiger partial charge is 0.133 e. The van der Waals surface area contributed by atoms with Crippen molar-refractivity contribution >= 4 is 75.4 Å². The van der Waals surface area contributed by atoms with E-state index >= 15 is 0 Å². The van der Waals surface area contributed by atoms with E-state index in [1.807, 2.05) is 37.7 Å². The van der Waals surface area contributed by atoms with Gasteiger partial charge in [-0.15, -0.1) is 25.3 Å². The van der Waals surface area contributed by atoms with E-state index in [-0.39, 0.29) is 17.1 Å². The molecule has 2 radical (unpaired) electrons. The van der Waals surface area contributed by atoms with E-state index < -0.39 is 0 Å². The van der Waals surface area contributed by atoms with Crippen LogP contribution in [0, 0.1) is 0 Å². The minimum absolute atomic E-state index is 0. The van der Waals surface area contributed by atoms with Crippen LogP contribution < -0.4 is 0 Å². The second kappa shape index (κ2) is 13.1. The molecule has 0 aliphatic rings. The first-order valence-corrected chi connectivity index (χ1v) is 5.95. The van der Waals surface area contributed by atoms with Gasteiger partial charge >= 0.3 is 0 Å². The third kappa shape index (κ3) is 15.0. The third-order valence-electron chi connectivity index (χ3n) is 1.60. The molecule has 0 spiro atoms. The molecule has 15 heavy (non-hydrogen) atoms. The monoisotopic (exact) mass is 350 g/mol. The van der Waals surface area contributed by atoms with Gasteiger partial charge in [0.1, 0.15) is 8.64 Å². The SMILES string of the molecule is CCN(C)C(=S)S.CCN(C)C(=S)S.[Se]. The number of rotatable bonds is 2. The van der Waals surface area contributed by atoms with E-state index in [4.69, 9.17) is 24.4 Å². The number of thiocarbonyl (C=S) groups is 2. The molecule has 90 valence electrons. The van der Waals surface area contributed by atoms with Gasteiger partial charge in [0, 0.05) is 44.3 Å². The first-order valence-electron chi connectivity index (χ1n) is 4.24. The zero-order chi connectivity index (χ0) is 11.7. The van der Waals surface area contributed by atoms with Crippen molar-refractivity contribution in [1.82, 2.24) is 9.80 Å². The van der Waals surface area contributed by atoms with Gasteiger partial charge in [0.25, 0.3) is 0 Å². The molecule has 0 aliphatic heterocycles. The van der Waals surface area contributed by atoms with Crippen LogP contribution in [0.4, 0.5) is 0 Å². The fourth-order valence-corrected chi connectivity index (χ4v) is 0.812. The maximum Gasteiger partial charge on any atom is 0.133 e. The molecule has 7 heteroatoms. The normalized spacial score (nSPS) is 7.87. The van der Waals surface area contributed by atoms with Crippen LogP contribution in [0.5, 0.6) is 0 Å². The molecule has 0 unspecified atom stereocenters. The Morgan fingerprint density at radius 1 is 0.933 bits per heavy atom. The van der Waals surface area contributed by atoms with Crippen LogP contribution in [0.1, 0.15) is 13.8 Å². The van der Waals surface area contributed by atoms with E-state index in [1.54, 1.807) is 0 Å². The molecule has 0 aliphatic carbocycles. The van der Waals surface area contributed by atoms with Gasteiger partial charge in [-0.1, -0.05) is 24.4 Å². The summed E-state index contributed by atoms with van der Waals surface area (Å²) in [6.45, 7) is 5.93. The Hall–Kier alpha value is 0.999. The topological polar surface area (TPSA) is 6.48 Å². The van der Waals surface area contributed by atoms with Crippen LogP contribution in [0.15, 0.2) is 0 Å². The zero-order valence-electron chi connectivity index (χ0n) is 9.43. The summed E-state index contributed by atoms with van der Waals surface area (Å²) in [4.78, 5) is 3.77. The molecule has 0 heterocycles. The van der Waals surface area contributed by atoms with Crippen molar-refractivity contribution in [3.63, 3.8) is 0 Å². The summed E-state index contributed by atoms with van der Waals surface area (Å²) in [6.07, 6.45) is 0. The summed E-state index contributed by atoms with van der Waals surface area (Å²) in [5, 5.41) is 0. The van der Waals surface area contributed by atoms with Gasteiger partial charge in [-0.05, 0) is 13.8 Å². The molecule has 0 saturated carbocycles. The summed E-state index contributed by atoms with van der Waals surface area (Å²) in [5.41, 5.74) is 0. The Balaban J connectivity index is -0.000000180. The summed E-state index contributed by atoms with van der Waals surface area (Å²) < 4.78 is 1.31. The Bertz CT molecular complexity index is 169. The molecule has 0 aromatic carbocycles. The fourth-order valence-electron chi connectivity index (χ4n) is 0.271. The van der Waals surface area contributed by atoms with Gasteiger partial charge in [0.15, 0.2) is 0 Å². The van der Waals surface area contributed by atoms with Crippen molar-refractivity contribution in [2.24, 2.45) is 0 Å². The summed E-state index contributed by atoms with van der Waals surface area (Å²) in [5.74, 6) is 0. The van der Waals surface area contributed by atoms with Crippen LogP contribution in [-0.4, -0.2) is 62.7 Å². The van der Waals surface area contributed by atoms with Gasteiger partial charge in [-0.2, -0.15) is 0 Å². The summed E-state index contributed by atoms with van der Waals surface area (Å²) in [7, 11) is 3.82. The molecule has 0 amide bonds. The molecular formula is C8H18N2S4Se. The van der Waals surface area contributed by atoms with E-state index in [0.29, 0.717) is 8.64 Å². The van der Waals surface area contributed by atoms with E-state index in [2.05, 4.69) is 25.3 Å². The predicted octanol–water partition coefficient (Wildman–Crippen LogP) is 1.92. The van der Waals surface area contributed by atoms with Crippen LogP contribution in [0.25, 0.3) is 0 Å². The Kier molecular flexibility index (Phi) is 18.6. The van der Waals surface area contributed by atoms with Crippen LogP contribution in [0.3, 0.4) is 0 Å². The second-order valence-electron chi connectivity index (χ2n) is 2.59. The summed E-state index contributed by atoms with van der Waals surface area (Å²) in [6, 6.07) is 0. The molecule has 0 atom stereocenters. The Morgan fingerprint density at radius 2 is 1.13 bits per heavy atom. The first-order chi connectivity index (χ1) is 6.36. The molecule has 0 N–H and O–H groups in total. The molecule has 0 rings (SSSR count). The number of nitrogens with zero attached hydrogens (tertiary/aromatic N) is 2. The first kappa shape index (κ1) is 21.3. The molecule has 2 nitrogen and oxygen atoms in total. The van der Waals surface area contributed by atoms with Crippen molar-refractivity contribution in [1.29, 1.82) is 0 Å². The maximum absolute atomic E-state index is 4.71. The number of thiol groups is 2. The predicted molar refractivity (Wildman–Crippen MR) is 85.5 cm³/mol. The average Bonchev–Trinajstić information content (AvgIpc) is 2.15. The van der Waals surface area contributed by atoms with Crippen LogP contribution in [0.2, 0.25) is 0 Å². The second-order valence-corrected chi connectivity index (χ2v) is 4.82. The van der Waals surface area contributed by atoms with Crippen molar-refractivity contribution in [3.8, 4) is 0 Å². The Morgan fingerprint density at radius 3 is 1.13 bits per heavy atom. The van der Waals surface area contributed by atoms with Crippen molar-refractivity contribution in [2.75, 3.05) is 27.2 Å². The molecular weight excluding hydrogens is 331 g/mol. The average molecular weight is 349 g/mol. The number of hydrogen-bond acceptors (Lipinski definition) is 2. The van der Waals surface area contributed by atoms with E-state index in [9.17, 15) is 0 Å². The van der Waals surface area contributed by atoms with Crippen LogP contribution >= 0.6 is 49.7 Å². The largest absolute Gasteiger partial charge is 0.361 e. The van der Waals surface area contributed by atoms with Gasteiger partial charge < -0.3 is 9.80 Å². The zero-order valence-corrected chi connectivity index (χ0v) is 14.6. The summed E-state index contributed by atoms with van der Waals surface area (Å²) >= 11 is 17.3. The van der Waals surface area contributed by atoms with E-state index in [0.717, 1.165) is 13.1 Å². The van der Waals surface area contributed by atoms with E-state index in [1.165, 1.54) is 0 Å². The quantitative estimate of drug-likeness (QED) is 0.447. The van der Waals surface area contributed by atoms with Crippen molar-refractivity contribution in [2.45, 2.75) is 13.8 Å². The minimum atomic E-state index is 0. The molecule has 0 aromatic rings. The fraction of sp³-hybridized carbons (Fsp3) is 0.750. The Labute approximate surface area is 125 Å². The maximum atomic E-state index is 4.71. The number of hydrogen-bond donors (Lipinski definition) is 2.